The Kier molecular flexibility index (Phi) is 3.89. The highest BCUT2D eigenvalue weighted by Crippen LogP contribution is 2.29. The number of hydrogen-bond donors (Lipinski definition) is 1. The first-order valence-electron chi connectivity index (χ1n) is 5.35. The lowest BCUT2D eigenvalue weighted by Gasteiger charge is -2.18. The number of nitrogens with one attached hydrogen (secondary N) is 1. The Labute approximate surface area is 109 Å². The molecule has 0 aliphatic heterocycles. The van der Waals surface area contributed by atoms with Gasteiger partial charge in [0, 0.05) is 24.0 Å². The van der Waals surface area contributed by atoms with Gasteiger partial charge in [0.2, 0.25) is 0 Å². The molecule has 1 unspecified atom stereocenters. The van der Waals surface area contributed by atoms with Crippen molar-refractivity contribution in [2.45, 2.75) is 6.04 Å². The van der Waals surface area contributed by atoms with E-state index in [0.717, 1.165) is 6.07 Å². The van der Waals surface area contributed by atoms with Crippen LogP contribution >= 0.6 is 11.6 Å². The van der Waals surface area contributed by atoms with Gasteiger partial charge in [-0.15, -0.1) is 0 Å². The van der Waals surface area contributed by atoms with E-state index in [2.05, 4.69) is 10.3 Å². The van der Waals surface area contributed by atoms with Gasteiger partial charge in [0.1, 0.15) is 11.6 Å². The molecule has 0 radical (unpaired) electrons. The van der Waals surface area contributed by atoms with E-state index >= 15 is 0 Å². The van der Waals surface area contributed by atoms with Crippen LogP contribution in [0.2, 0.25) is 5.02 Å². The molecule has 1 heterocycles. The summed E-state index contributed by atoms with van der Waals surface area (Å²) in [6, 6.07) is 4.74. The maximum atomic E-state index is 13.8. The number of halogens is 3. The van der Waals surface area contributed by atoms with Crippen LogP contribution in [-0.2, 0) is 0 Å². The Morgan fingerprint density at radius 1 is 1.22 bits per heavy atom. The van der Waals surface area contributed by atoms with Crippen molar-refractivity contribution in [2.75, 3.05) is 7.05 Å². The van der Waals surface area contributed by atoms with E-state index in [-0.39, 0.29) is 0 Å². The molecule has 1 aromatic carbocycles. The van der Waals surface area contributed by atoms with E-state index in [1.807, 2.05) is 0 Å². The summed E-state index contributed by atoms with van der Waals surface area (Å²) < 4.78 is 26.7. The zero-order chi connectivity index (χ0) is 13.1. The lowest BCUT2D eigenvalue weighted by Crippen LogP contribution is -2.19. The van der Waals surface area contributed by atoms with Crippen LogP contribution in [0.25, 0.3) is 0 Å². The number of aromatic nitrogens is 1. The van der Waals surface area contributed by atoms with Crippen LogP contribution in [0, 0.1) is 11.6 Å². The molecule has 5 heteroatoms. The molecule has 94 valence electrons. The van der Waals surface area contributed by atoms with Gasteiger partial charge < -0.3 is 5.32 Å². The first kappa shape index (κ1) is 12.9. The molecule has 18 heavy (non-hydrogen) atoms. The maximum Gasteiger partial charge on any atom is 0.131 e. The zero-order valence-corrected chi connectivity index (χ0v) is 10.4. The van der Waals surface area contributed by atoms with Crippen molar-refractivity contribution < 1.29 is 8.78 Å². The molecule has 1 aromatic heterocycles. The summed E-state index contributed by atoms with van der Waals surface area (Å²) in [6.45, 7) is 0. The zero-order valence-electron chi connectivity index (χ0n) is 9.62. The van der Waals surface area contributed by atoms with Crippen molar-refractivity contribution in [1.82, 2.24) is 10.3 Å². The summed E-state index contributed by atoms with van der Waals surface area (Å²) in [5.41, 5.74) is 1.03. The maximum absolute atomic E-state index is 13.8. The largest absolute Gasteiger partial charge is 0.309 e. The number of rotatable bonds is 3. The van der Waals surface area contributed by atoms with Crippen LogP contribution in [0.3, 0.4) is 0 Å². The van der Waals surface area contributed by atoms with Crippen LogP contribution in [-0.4, -0.2) is 12.0 Å². The SMILES string of the molecule is CNC(c1ccc(F)cc1F)c1ccncc1Cl. The normalized spacial score (nSPS) is 12.4. The number of hydrogen-bond acceptors (Lipinski definition) is 2. The van der Waals surface area contributed by atoms with E-state index in [0.29, 0.717) is 16.1 Å². The minimum absolute atomic E-state index is 0.340. The highest BCUT2D eigenvalue weighted by Gasteiger charge is 2.18. The van der Waals surface area contributed by atoms with E-state index < -0.39 is 17.7 Å². The summed E-state index contributed by atoms with van der Waals surface area (Å²) >= 11 is 6.03. The molecule has 2 rings (SSSR count). The van der Waals surface area contributed by atoms with Gasteiger partial charge in [-0.1, -0.05) is 17.7 Å². The average molecular weight is 269 g/mol. The predicted molar refractivity (Wildman–Crippen MR) is 66.5 cm³/mol. The number of nitrogens with zero attached hydrogens (tertiary/aromatic N) is 1. The van der Waals surface area contributed by atoms with Crippen molar-refractivity contribution in [3.63, 3.8) is 0 Å². The van der Waals surface area contributed by atoms with E-state index in [4.69, 9.17) is 11.6 Å². The fraction of sp³-hybridized carbons (Fsp3) is 0.154. The highest BCUT2D eigenvalue weighted by atomic mass is 35.5. The molecule has 2 nitrogen and oxygen atoms in total. The molecule has 0 spiro atoms. The molecule has 0 aliphatic carbocycles. The van der Waals surface area contributed by atoms with Gasteiger partial charge in [-0.2, -0.15) is 0 Å². The van der Waals surface area contributed by atoms with E-state index in [9.17, 15) is 8.78 Å². The van der Waals surface area contributed by atoms with Crippen molar-refractivity contribution in [2.24, 2.45) is 0 Å². The van der Waals surface area contributed by atoms with Crippen LogP contribution in [0.15, 0.2) is 36.7 Å². The van der Waals surface area contributed by atoms with Crippen molar-refractivity contribution >= 4 is 11.6 Å². The topological polar surface area (TPSA) is 24.9 Å². The third kappa shape index (κ3) is 2.49. The van der Waals surface area contributed by atoms with Crippen molar-refractivity contribution in [3.05, 3.63) is 64.4 Å². The first-order chi connectivity index (χ1) is 8.63. The van der Waals surface area contributed by atoms with Gasteiger partial charge in [0.15, 0.2) is 0 Å². The molecule has 0 aliphatic rings. The third-order valence-electron chi connectivity index (χ3n) is 2.68. The third-order valence-corrected chi connectivity index (χ3v) is 2.99. The Morgan fingerprint density at radius 2 is 2.00 bits per heavy atom. The minimum atomic E-state index is -0.609. The summed E-state index contributed by atoms with van der Waals surface area (Å²) in [6.07, 6.45) is 3.07. The fourth-order valence-electron chi connectivity index (χ4n) is 1.83. The molecular weight excluding hydrogens is 258 g/mol. The lowest BCUT2D eigenvalue weighted by atomic mass is 9.99. The second-order valence-electron chi connectivity index (χ2n) is 3.78. The highest BCUT2D eigenvalue weighted by molar-refractivity contribution is 6.31. The van der Waals surface area contributed by atoms with Gasteiger partial charge in [-0.25, -0.2) is 8.78 Å². The van der Waals surface area contributed by atoms with E-state index in [1.165, 1.54) is 18.3 Å². The van der Waals surface area contributed by atoms with Crippen molar-refractivity contribution in [3.8, 4) is 0 Å². The molecule has 2 aromatic rings. The molecular formula is C13H11ClF2N2. The Bertz CT molecular complexity index is 560. The van der Waals surface area contributed by atoms with Crippen LogP contribution in [0.4, 0.5) is 8.78 Å². The molecule has 0 saturated carbocycles. The monoisotopic (exact) mass is 268 g/mol. The molecule has 0 bridgehead atoms. The Hall–Kier alpha value is -1.52. The average Bonchev–Trinajstić information content (AvgIpc) is 2.34. The molecule has 0 fully saturated rings. The second-order valence-corrected chi connectivity index (χ2v) is 4.19. The molecule has 1 atom stereocenters. The molecule has 0 amide bonds. The van der Waals surface area contributed by atoms with Crippen LogP contribution in [0.1, 0.15) is 17.2 Å². The minimum Gasteiger partial charge on any atom is -0.309 e. The van der Waals surface area contributed by atoms with Gasteiger partial charge in [-0.05, 0) is 24.7 Å². The standard InChI is InChI=1S/C13H11ClF2N2/c1-17-13(9-4-5-18-7-11(9)14)10-3-2-8(15)6-12(10)16/h2-7,13,17H,1H3. The first-order valence-corrected chi connectivity index (χ1v) is 5.73. The van der Waals surface area contributed by atoms with Gasteiger partial charge in [0.05, 0.1) is 11.1 Å². The summed E-state index contributed by atoms with van der Waals surface area (Å²) in [5, 5.41) is 3.39. The summed E-state index contributed by atoms with van der Waals surface area (Å²) in [5.74, 6) is -1.21. The van der Waals surface area contributed by atoms with Gasteiger partial charge in [-0.3, -0.25) is 4.98 Å². The van der Waals surface area contributed by atoms with Crippen LogP contribution < -0.4 is 5.32 Å². The smallest absolute Gasteiger partial charge is 0.131 e. The fourth-order valence-corrected chi connectivity index (χ4v) is 2.06. The lowest BCUT2D eigenvalue weighted by molar-refractivity contribution is 0.551. The Balaban J connectivity index is 2.49. The quantitative estimate of drug-likeness (QED) is 0.924. The number of benzene rings is 1. The summed E-state index contributed by atoms with van der Waals surface area (Å²) in [4.78, 5) is 3.88. The van der Waals surface area contributed by atoms with Gasteiger partial charge >= 0.3 is 0 Å². The van der Waals surface area contributed by atoms with Crippen molar-refractivity contribution in [1.29, 1.82) is 0 Å². The number of pyridine rings is 1. The second kappa shape index (κ2) is 5.42. The van der Waals surface area contributed by atoms with Crippen LogP contribution in [0.5, 0.6) is 0 Å². The van der Waals surface area contributed by atoms with Gasteiger partial charge in [0.25, 0.3) is 0 Å². The predicted octanol–water partition coefficient (Wildman–Crippen LogP) is 3.32. The molecule has 1 N–H and O–H groups in total. The molecule has 0 saturated heterocycles. The summed E-state index contributed by atoms with van der Waals surface area (Å²) in [7, 11) is 1.68. The Morgan fingerprint density at radius 3 is 2.61 bits per heavy atom. The van der Waals surface area contributed by atoms with E-state index in [1.54, 1.807) is 19.3 Å².